The van der Waals surface area contributed by atoms with Gasteiger partial charge in [0.05, 0.1) is 6.61 Å². The second-order valence-electron chi connectivity index (χ2n) is 2.69. The van der Waals surface area contributed by atoms with E-state index in [1.807, 2.05) is 24.3 Å². The molecule has 3 nitrogen and oxygen atoms in total. The van der Waals surface area contributed by atoms with Crippen molar-refractivity contribution in [3.8, 4) is 5.75 Å². The number of ether oxygens (including phenoxy) is 1. The van der Waals surface area contributed by atoms with Crippen LogP contribution in [0.25, 0.3) is 0 Å². The van der Waals surface area contributed by atoms with Crippen LogP contribution in [0.1, 0.15) is 5.56 Å². The lowest BCUT2D eigenvalue weighted by Crippen LogP contribution is -2.01. The summed E-state index contributed by atoms with van der Waals surface area (Å²) in [5.74, 6) is 0.746. The maximum Gasteiger partial charge on any atom is 0.119 e. The molecule has 13 heavy (non-hydrogen) atoms. The highest BCUT2D eigenvalue weighted by molar-refractivity contribution is 5.27. The van der Waals surface area contributed by atoms with E-state index in [0.29, 0.717) is 13.0 Å². The fourth-order valence-electron chi connectivity index (χ4n) is 1.04. The number of hydrogen-bond donors (Lipinski definition) is 2. The molecule has 0 aromatic heterocycles. The van der Waals surface area contributed by atoms with Gasteiger partial charge in [-0.1, -0.05) is 12.1 Å². The molecule has 3 heteroatoms. The summed E-state index contributed by atoms with van der Waals surface area (Å²) >= 11 is 0. The van der Waals surface area contributed by atoms with Gasteiger partial charge < -0.3 is 14.9 Å². The van der Waals surface area contributed by atoms with E-state index in [1.54, 1.807) is 0 Å². The Balaban J connectivity index is 2.48. The fourth-order valence-corrected chi connectivity index (χ4v) is 1.04. The zero-order valence-electron chi connectivity index (χ0n) is 7.44. The smallest absolute Gasteiger partial charge is 0.119 e. The van der Waals surface area contributed by atoms with Gasteiger partial charge in [-0.05, 0) is 24.1 Å². The van der Waals surface area contributed by atoms with Gasteiger partial charge in [-0.2, -0.15) is 0 Å². The fraction of sp³-hybridized carbons (Fsp3) is 0.400. The van der Waals surface area contributed by atoms with E-state index < -0.39 is 0 Å². The second-order valence-corrected chi connectivity index (χ2v) is 2.69. The second kappa shape index (κ2) is 5.56. The van der Waals surface area contributed by atoms with Crippen molar-refractivity contribution in [1.29, 1.82) is 0 Å². The van der Waals surface area contributed by atoms with Crippen LogP contribution in [0.3, 0.4) is 0 Å². The van der Waals surface area contributed by atoms with E-state index in [2.05, 4.69) is 0 Å². The Bertz CT molecular complexity index is 230. The van der Waals surface area contributed by atoms with Crippen molar-refractivity contribution in [3.05, 3.63) is 29.8 Å². The van der Waals surface area contributed by atoms with Crippen LogP contribution in [0, 0.1) is 0 Å². The van der Waals surface area contributed by atoms with Crippen molar-refractivity contribution in [2.24, 2.45) is 0 Å². The van der Waals surface area contributed by atoms with Crippen LogP contribution in [-0.4, -0.2) is 30.0 Å². The molecule has 72 valence electrons. The first kappa shape index (κ1) is 10.0. The van der Waals surface area contributed by atoms with Crippen LogP contribution in [0.2, 0.25) is 0 Å². The molecule has 0 spiro atoms. The lowest BCUT2D eigenvalue weighted by molar-refractivity contribution is 0.201. The van der Waals surface area contributed by atoms with E-state index >= 15 is 0 Å². The van der Waals surface area contributed by atoms with Crippen LogP contribution >= 0.6 is 0 Å². The predicted octanol–water partition coefficient (Wildman–Crippen LogP) is 0.592. The maximum atomic E-state index is 8.67. The van der Waals surface area contributed by atoms with Crippen LogP contribution < -0.4 is 4.74 Å². The zero-order chi connectivity index (χ0) is 9.52. The third-order valence-electron chi connectivity index (χ3n) is 1.68. The summed E-state index contributed by atoms with van der Waals surface area (Å²) in [4.78, 5) is 0. The quantitative estimate of drug-likeness (QED) is 0.700. The molecule has 0 unspecified atom stereocenters. The normalized spacial score (nSPS) is 10.0. The minimum Gasteiger partial charge on any atom is -0.491 e. The summed E-state index contributed by atoms with van der Waals surface area (Å²) in [5.41, 5.74) is 1.08. The molecule has 0 atom stereocenters. The molecular weight excluding hydrogens is 168 g/mol. The molecule has 1 rings (SSSR count). The van der Waals surface area contributed by atoms with Gasteiger partial charge in [0.25, 0.3) is 0 Å². The number of rotatable bonds is 5. The Morgan fingerprint density at radius 3 is 2.23 bits per heavy atom. The predicted molar refractivity (Wildman–Crippen MR) is 49.8 cm³/mol. The molecule has 2 N–H and O–H groups in total. The molecular formula is C10H14O3. The first-order valence-corrected chi connectivity index (χ1v) is 4.30. The van der Waals surface area contributed by atoms with E-state index in [4.69, 9.17) is 14.9 Å². The van der Waals surface area contributed by atoms with Gasteiger partial charge in [-0.25, -0.2) is 0 Å². The molecule has 1 aromatic carbocycles. The molecule has 0 bridgehead atoms. The van der Waals surface area contributed by atoms with E-state index in [1.165, 1.54) is 0 Å². The van der Waals surface area contributed by atoms with Gasteiger partial charge in [0.1, 0.15) is 12.4 Å². The van der Waals surface area contributed by atoms with Crippen LogP contribution in [0.5, 0.6) is 5.75 Å². The molecule has 0 aliphatic heterocycles. The Morgan fingerprint density at radius 2 is 1.69 bits per heavy atom. The molecule has 0 saturated heterocycles. The van der Waals surface area contributed by atoms with Crippen LogP contribution in [0.15, 0.2) is 24.3 Å². The topological polar surface area (TPSA) is 49.7 Å². The third-order valence-corrected chi connectivity index (χ3v) is 1.68. The minimum atomic E-state index is 0.0262. The Kier molecular flexibility index (Phi) is 4.29. The highest BCUT2D eigenvalue weighted by Crippen LogP contribution is 2.11. The number of hydrogen-bond acceptors (Lipinski definition) is 3. The summed E-state index contributed by atoms with van der Waals surface area (Å²) in [6, 6.07) is 7.48. The summed E-state index contributed by atoms with van der Waals surface area (Å²) in [6.07, 6.45) is 0.667. The number of aliphatic hydroxyl groups excluding tert-OH is 2. The average Bonchev–Trinajstić information content (AvgIpc) is 2.17. The molecule has 0 saturated carbocycles. The summed E-state index contributed by atoms with van der Waals surface area (Å²) < 4.78 is 5.18. The molecule has 0 amide bonds. The minimum absolute atomic E-state index is 0.0262. The molecule has 0 radical (unpaired) electrons. The van der Waals surface area contributed by atoms with Crippen molar-refractivity contribution in [2.45, 2.75) is 6.42 Å². The summed E-state index contributed by atoms with van der Waals surface area (Å²) in [7, 11) is 0. The molecule has 0 fully saturated rings. The molecule has 0 heterocycles. The van der Waals surface area contributed by atoms with Gasteiger partial charge in [0.2, 0.25) is 0 Å². The van der Waals surface area contributed by atoms with Gasteiger partial charge in [0, 0.05) is 6.61 Å². The van der Waals surface area contributed by atoms with Crippen LogP contribution in [-0.2, 0) is 6.42 Å². The van der Waals surface area contributed by atoms with Gasteiger partial charge in [-0.3, -0.25) is 0 Å². The lowest BCUT2D eigenvalue weighted by atomic mass is 10.1. The highest BCUT2D eigenvalue weighted by Gasteiger charge is 1.94. The van der Waals surface area contributed by atoms with Gasteiger partial charge in [0.15, 0.2) is 0 Å². The van der Waals surface area contributed by atoms with Gasteiger partial charge in [-0.15, -0.1) is 0 Å². The van der Waals surface area contributed by atoms with E-state index in [9.17, 15) is 0 Å². The van der Waals surface area contributed by atoms with Crippen molar-refractivity contribution in [2.75, 3.05) is 19.8 Å². The standard InChI is InChI=1S/C10H14O3/c11-6-5-9-1-3-10(4-2-9)13-8-7-12/h1-4,11-12H,5-8H2. The van der Waals surface area contributed by atoms with Crippen molar-refractivity contribution in [3.63, 3.8) is 0 Å². The first-order chi connectivity index (χ1) is 6.36. The zero-order valence-corrected chi connectivity index (χ0v) is 7.44. The largest absolute Gasteiger partial charge is 0.491 e. The first-order valence-electron chi connectivity index (χ1n) is 4.30. The number of aliphatic hydroxyl groups is 2. The van der Waals surface area contributed by atoms with Crippen molar-refractivity contribution >= 4 is 0 Å². The maximum absolute atomic E-state index is 8.67. The molecule has 0 aliphatic rings. The summed E-state index contributed by atoms with van der Waals surface area (Å²) in [5, 5.41) is 17.2. The Hall–Kier alpha value is -1.06. The van der Waals surface area contributed by atoms with E-state index in [0.717, 1.165) is 11.3 Å². The van der Waals surface area contributed by atoms with Crippen LogP contribution in [0.4, 0.5) is 0 Å². The number of benzene rings is 1. The van der Waals surface area contributed by atoms with Crippen molar-refractivity contribution < 1.29 is 14.9 Å². The monoisotopic (exact) mass is 182 g/mol. The van der Waals surface area contributed by atoms with E-state index in [-0.39, 0.29) is 13.2 Å². The third kappa shape index (κ3) is 3.44. The Labute approximate surface area is 77.6 Å². The average molecular weight is 182 g/mol. The molecule has 0 aliphatic carbocycles. The lowest BCUT2D eigenvalue weighted by Gasteiger charge is -2.04. The molecule has 1 aromatic rings. The highest BCUT2D eigenvalue weighted by atomic mass is 16.5. The summed E-state index contributed by atoms with van der Waals surface area (Å²) in [6.45, 7) is 0.509. The Morgan fingerprint density at radius 1 is 1.00 bits per heavy atom. The van der Waals surface area contributed by atoms with Gasteiger partial charge >= 0.3 is 0 Å². The SMILES string of the molecule is OCCOc1ccc(CCO)cc1. The van der Waals surface area contributed by atoms with Crippen molar-refractivity contribution in [1.82, 2.24) is 0 Å².